The minimum Gasteiger partial charge on any atom is -0.486 e. The molecule has 2 aromatic rings. The van der Waals surface area contributed by atoms with E-state index < -0.39 is 0 Å². The van der Waals surface area contributed by atoms with Gasteiger partial charge >= 0.3 is 0 Å². The minimum atomic E-state index is -0.230. The maximum atomic E-state index is 12.7. The number of ether oxygens (including phenoxy) is 2. The standard InChI is InChI=1S/C21H28N4O3/c1-20(2,3)25-14-23-18(24-25)19(26)22-13-21(8-4-5-9-21)15-6-7-16-17(12-15)28-11-10-27-16/h6-7,12,14H,4-5,8-11,13H2,1-3H3,(H,22,26). The smallest absolute Gasteiger partial charge is 0.290 e. The summed E-state index contributed by atoms with van der Waals surface area (Å²) in [7, 11) is 0. The first kappa shape index (κ1) is 18.8. The molecule has 7 nitrogen and oxygen atoms in total. The second-order valence-corrected chi connectivity index (χ2v) is 8.71. The average Bonchev–Trinajstić information content (AvgIpc) is 3.36. The normalized spacial score (nSPS) is 18.1. The third-order valence-corrected chi connectivity index (χ3v) is 5.68. The summed E-state index contributed by atoms with van der Waals surface area (Å²) in [6, 6.07) is 6.17. The molecule has 0 atom stereocenters. The van der Waals surface area contributed by atoms with Crippen LogP contribution in [-0.2, 0) is 11.0 Å². The Labute approximate surface area is 165 Å². The minimum absolute atomic E-state index is 0.0852. The molecule has 1 aliphatic heterocycles. The molecule has 2 heterocycles. The van der Waals surface area contributed by atoms with Crippen molar-refractivity contribution in [3.05, 3.63) is 35.9 Å². The van der Waals surface area contributed by atoms with Gasteiger partial charge in [-0.15, -0.1) is 5.10 Å². The lowest BCUT2D eigenvalue weighted by Gasteiger charge is -2.31. The predicted octanol–water partition coefficient (Wildman–Crippen LogP) is 3.05. The first-order valence-electron chi connectivity index (χ1n) is 9.98. The Morgan fingerprint density at radius 2 is 1.89 bits per heavy atom. The zero-order valence-corrected chi connectivity index (χ0v) is 16.8. The lowest BCUT2D eigenvalue weighted by atomic mass is 9.78. The van der Waals surface area contributed by atoms with Crippen molar-refractivity contribution in [3.63, 3.8) is 0 Å². The third kappa shape index (κ3) is 3.57. The first-order chi connectivity index (χ1) is 13.4. The Morgan fingerprint density at radius 1 is 1.18 bits per heavy atom. The molecule has 0 radical (unpaired) electrons. The number of nitrogens with zero attached hydrogens (tertiary/aromatic N) is 3. The number of carbonyl (C=O) groups excluding carboxylic acids is 1. The van der Waals surface area contributed by atoms with Gasteiger partial charge in [0.15, 0.2) is 11.5 Å². The maximum absolute atomic E-state index is 12.7. The summed E-state index contributed by atoms with van der Waals surface area (Å²) < 4.78 is 13.1. The Balaban J connectivity index is 1.51. The van der Waals surface area contributed by atoms with Gasteiger partial charge in [0.25, 0.3) is 5.91 Å². The highest BCUT2D eigenvalue weighted by molar-refractivity contribution is 5.90. The van der Waals surface area contributed by atoms with Crippen molar-refractivity contribution >= 4 is 5.91 Å². The van der Waals surface area contributed by atoms with Crippen molar-refractivity contribution in [3.8, 4) is 11.5 Å². The molecule has 1 aromatic heterocycles. The summed E-state index contributed by atoms with van der Waals surface area (Å²) in [4.78, 5) is 16.8. The van der Waals surface area contributed by atoms with Crippen LogP contribution in [0.5, 0.6) is 11.5 Å². The van der Waals surface area contributed by atoms with E-state index in [0.717, 1.165) is 37.2 Å². The van der Waals surface area contributed by atoms with Gasteiger partial charge in [-0.2, -0.15) is 0 Å². The van der Waals surface area contributed by atoms with E-state index in [-0.39, 0.29) is 22.7 Å². The summed E-state index contributed by atoms with van der Waals surface area (Å²) >= 11 is 0. The summed E-state index contributed by atoms with van der Waals surface area (Å²) in [6.45, 7) is 7.80. The highest BCUT2D eigenvalue weighted by atomic mass is 16.6. The molecule has 1 fully saturated rings. The second kappa shape index (κ2) is 7.11. The van der Waals surface area contributed by atoms with E-state index in [2.05, 4.69) is 27.5 Å². The third-order valence-electron chi connectivity index (χ3n) is 5.68. The molecule has 1 aromatic carbocycles. The monoisotopic (exact) mass is 384 g/mol. The molecule has 1 aliphatic carbocycles. The summed E-state index contributed by atoms with van der Waals surface area (Å²) in [6.07, 6.45) is 6.00. The highest BCUT2D eigenvalue weighted by Crippen LogP contribution is 2.43. The fourth-order valence-corrected chi connectivity index (χ4v) is 4.01. The van der Waals surface area contributed by atoms with Crippen molar-refractivity contribution in [2.45, 2.75) is 57.4 Å². The van der Waals surface area contributed by atoms with Crippen molar-refractivity contribution in [2.24, 2.45) is 0 Å². The maximum Gasteiger partial charge on any atom is 0.290 e. The SMILES string of the molecule is CC(C)(C)n1cnc(C(=O)NCC2(c3ccc4c(c3)OCCO4)CCCC2)n1. The zero-order chi connectivity index (χ0) is 19.8. The molecule has 1 amide bonds. The first-order valence-corrected chi connectivity index (χ1v) is 9.98. The van der Waals surface area contributed by atoms with Crippen molar-refractivity contribution in [2.75, 3.05) is 19.8 Å². The molecule has 0 bridgehead atoms. The van der Waals surface area contributed by atoms with Gasteiger partial charge in [0, 0.05) is 12.0 Å². The summed E-state index contributed by atoms with van der Waals surface area (Å²) in [5, 5.41) is 7.41. The predicted molar refractivity (Wildman–Crippen MR) is 105 cm³/mol. The van der Waals surface area contributed by atoms with Gasteiger partial charge in [-0.3, -0.25) is 4.79 Å². The number of benzene rings is 1. The number of rotatable bonds is 4. The Bertz CT molecular complexity index is 863. The fourth-order valence-electron chi connectivity index (χ4n) is 4.01. The molecule has 28 heavy (non-hydrogen) atoms. The fraction of sp³-hybridized carbons (Fsp3) is 0.571. The van der Waals surface area contributed by atoms with E-state index in [1.165, 1.54) is 5.56 Å². The molecule has 0 unspecified atom stereocenters. The van der Waals surface area contributed by atoms with Crippen molar-refractivity contribution in [1.29, 1.82) is 0 Å². The number of fused-ring (bicyclic) bond motifs is 1. The number of amides is 1. The molecule has 0 spiro atoms. The van der Waals surface area contributed by atoms with Gasteiger partial charge in [-0.25, -0.2) is 9.67 Å². The lowest BCUT2D eigenvalue weighted by Crippen LogP contribution is -2.39. The Morgan fingerprint density at radius 3 is 2.57 bits per heavy atom. The largest absolute Gasteiger partial charge is 0.486 e. The molecule has 150 valence electrons. The average molecular weight is 384 g/mol. The summed E-state index contributed by atoms with van der Waals surface area (Å²) in [5.74, 6) is 1.58. The van der Waals surface area contributed by atoms with Gasteiger partial charge in [0.2, 0.25) is 5.82 Å². The quantitative estimate of drug-likeness (QED) is 0.877. The van der Waals surface area contributed by atoms with E-state index in [1.54, 1.807) is 11.0 Å². The number of carbonyl (C=O) groups is 1. The van der Waals surface area contributed by atoms with Crippen LogP contribution >= 0.6 is 0 Å². The highest BCUT2D eigenvalue weighted by Gasteiger charge is 2.37. The molecular weight excluding hydrogens is 356 g/mol. The number of aromatic nitrogens is 3. The molecule has 2 aliphatic rings. The van der Waals surface area contributed by atoms with E-state index in [9.17, 15) is 4.79 Å². The molecule has 0 saturated heterocycles. The molecule has 1 saturated carbocycles. The molecule has 7 heteroatoms. The van der Waals surface area contributed by atoms with Crippen LogP contribution in [0.15, 0.2) is 24.5 Å². The summed E-state index contributed by atoms with van der Waals surface area (Å²) in [5.41, 5.74) is 0.907. The van der Waals surface area contributed by atoms with Crippen LogP contribution in [0.2, 0.25) is 0 Å². The van der Waals surface area contributed by atoms with Crippen LogP contribution in [0, 0.1) is 0 Å². The number of nitrogens with one attached hydrogen (secondary N) is 1. The van der Waals surface area contributed by atoms with Crippen molar-refractivity contribution < 1.29 is 14.3 Å². The number of hydrogen-bond acceptors (Lipinski definition) is 5. The lowest BCUT2D eigenvalue weighted by molar-refractivity contribution is 0.0931. The van der Waals surface area contributed by atoms with Gasteiger partial charge < -0.3 is 14.8 Å². The van der Waals surface area contributed by atoms with Crippen LogP contribution in [0.3, 0.4) is 0 Å². The van der Waals surface area contributed by atoms with Gasteiger partial charge in [0.1, 0.15) is 19.5 Å². The van der Waals surface area contributed by atoms with Crippen molar-refractivity contribution in [1.82, 2.24) is 20.1 Å². The van der Waals surface area contributed by atoms with E-state index >= 15 is 0 Å². The second-order valence-electron chi connectivity index (χ2n) is 8.71. The van der Waals surface area contributed by atoms with Crippen LogP contribution in [-0.4, -0.2) is 40.4 Å². The molecular formula is C21H28N4O3. The van der Waals surface area contributed by atoms with Gasteiger partial charge in [0.05, 0.1) is 5.54 Å². The topological polar surface area (TPSA) is 78.3 Å². The van der Waals surface area contributed by atoms with E-state index in [0.29, 0.717) is 19.8 Å². The zero-order valence-electron chi connectivity index (χ0n) is 16.8. The van der Waals surface area contributed by atoms with Crippen LogP contribution in [0.25, 0.3) is 0 Å². The number of hydrogen-bond donors (Lipinski definition) is 1. The van der Waals surface area contributed by atoms with Crippen LogP contribution in [0.4, 0.5) is 0 Å². The van der Waals surface area contributed by atoms with E-state index in [4.69, 9.17) is 9.47 Å². The van der Waals surface area contributed by atoms with Gasteiger partial charge in [-0.05, 0) is 51.3 Å². The van der Waals surface area contributed by atoms with E-state index in [1.807, 2.05) is 26.8 Å². The van der Waals surface area contributed by atoms with Crippen LogP contribution < -0.4 is 14.8 Å². The van der Waals surface area contributed by atoms with Gasteiger partial charge in [-0.1, -0.05) is 18.9 Å². The molecule has 4 rings (SSSR count). The Kier molecular flexibility index (Phi) is 4.77. The Hall–Kier alpha value is -2.57. The van der Waals surface area contributed by atoms with Crippen LogP contribution in [0.1, 0.15) is 62.6 Å². The molecule has 1 N–H and O–H groups in total.